The molecule has 0 amide bonds. The molecule has 92 valence electrons. The van der Waals surface area contributed by atoms with Crippen molar-refractivity contribution in [1.82, 2.24) is 4.98 Å². The summed E-state index contributed by atoms with van der Waals surface area (Å²) >= 11 is 1.67. The average molecular weight is 240 g/mol. The molecule has 0 aliphatic rings. The number of hydrogen-bond acceptors (Lipinski definition) is 3. The van der Waals surface area contributed by atoms with E-state index in [4.69, 9.17) is 0 Å². The Labute approximate surface area is 103 Å². The van der Waals surface area contributed by atoms with Gasteiger partial charge in [-0.3, -0.25) is 0 Å². The van der Waals surface area contributed by atoms with Crippen LogP contribution in [-0.4, -0.2) is 10.5 Å². The molecular weight excluding hydrogens is 216 g/mol. The maximum atomic E-state index is 4.27. The maximum Gasteiger partial charge on any atom is 0.182 e. The van der Waals surface area contributed by atoms with Gasteiger partial charge in [-0.15, -0.1) is 11.3 Å². The maximum absolute atomic E-state index is 4.27. The number of anilines is 1. The van der Waals surface area contributed by atoms with E-state index in [-0.39, 0.29) is 5.54 Å². The van der Waals surface area contributed by atoms with Crippen LogP contribution in [0.3, 0.4) is 0 Å². The molecule has 0 aliphatic carbocycles. The zero-order chi connectivity index (χ0) is 11.9. The van der Waals surface area contributed by atoms with Gasteiger partial charge in [0.05, 0.1) is 0 Å². The zero-order valence-corrected chi connectivity index (χ0v) is 11.6. The first-order valence-corrected chi connectivity index (χ1v) is 7.20. The molecule has 1 aromatic heterocycles. The first kappa shape index (κ1) is 13.5. The number of unbranched alkanes of at least 4 members (excludes halogenated alkanes) is 4. The van der Waals surface area contributed by atoms with E-state index in [0.717, 1.165) is 5.13 Å². The molecule has 0 fully saturated rings. The normalized spacial score (nSPS) is 11.7. The predicted molar refractivity (Wildman–Crippen MR) is 73.2 cm³/mol. The first-order valence-electron chi connectivity index (χ1n) is 6.32. The Morgan fingerprint density at radius 2 is 2.00 bits per heavy atom. The summed E-state index contributed by atoms with van der Waals surface area (Å²) in [5.41, 5.74) is 0.171. The van der Waals surface area contributed by atoms with Crippen LogP contribution < -0.4 is 5.32 Å². The smallest absolute Gasteiger partial charge is 0.182 e. The fourth-order valence-electron chi connectivity index (χ4n) is 1.81. The van der Waals surface area contributed by atoms with Gasteiger partial charge in [-0.25, -0.2) is 4.98 Å². The standard InChI is InChI=1S/C13H24N2S/c1-4-5-6-7-8-9-13(2,3)15-12-14-10-11-16-12/h10-11H,4-9H2,1-3H3,(H,14,15). The second-order valence-corrected chi connectivity index (χ2v) is 5.90. The van der Waals surface area contributed by atoms with E-state index in [9.17, 15) is 0 Å². The lowest BCUT2D eigenvalue weighted by atomic mass is 9.96. The van der Waals surface area contributed by atoms with Gasteiger partial charge in [0.2, 0.25) is 0 Å². The second-order valence-electron chi connectivity index (χ2n) is 5.01. The minimum atomic E-state index is 0.171. The van der Waals surface area contributed by atoms with E-state index in [1.165, 1.54) is 38.5 Å². The molecule has 0 aliphatic heterocycles. The Morgan fingerprint density at radius 1 is 1.25 bits per heavy atom. The average Bonchev–Trinajstić information content (AvgIpc) is 2.69. The number of aromatic nitrogens is 1. The summed E-state index contributed by atoms with van der Waals surface area (Å²) in [5.74, 6) is 0. The van der Waals surface area contributed by atoms with Crippen molar-refractivity contribution < 1.29 is 0 Å². The summed E-state index contributed by atoms with van der Waals surface area (Å²) < 4.78 is 0. The molecule has 1 rings (SSSR count). The minimum Gasteiger partial charge on any atom is -0.357 e. The molecule has 0 bridgehead atoms. The minimum absolute atomic E-state index is 0.171. The van der Waals surface area contributed by atoms with E-state index in [1.807, 2.05) is 11.6 Å². The number of nitrogens with one attached hydrogen (secondary N) is 1. The SMILES string of the molecule is CCCCCCCC(C)(C)Nc1nccs1. The first-order chi connectivity index (χ1) is 7.64. The van der Waals surface area contributed by atoms with Crippen molar-refractivity contribution in [2.45, 2.75) is 64.8 Å². The van der Waals surface area contributed by atoms with E-state index in [0.29, 0.717) is 0 Å². The summed E-state index contributed by atoms with van der Waals surface area (Å²) in [6.07, 6.45) is 9.81. The molecule has 1 aromatic rings. The van der Waals surface area contributed by atoms with Gasteiger partial charge in [0.1, 0.15) is 0 Å². The van der Waals surface area contributed by atoms with Gasteiger partial charge in [-0.05, 0) is 20.3 Å². The molecule has 0 saturated carbocycles. The fourth-order valence-corrected chi connectivity index (χ4v) is 2.52. The monoisotopic (exact) mass is 240 g/mol. The highest BCUT2D eigenvalue weighted by molar-refractivity contribution is 7.13. The van der Waals surface area contributed by atoms with Crippen molar-refractivity contribution in [3.63, 3.8) is 0 Å². The number of rotatable bonds is 8. The summed E-state index contributed by atoms with van der Waals surface area (Å²) in [7, 11) is 0. The Morgan fingerprint density at radius 3 is 2.62 bits per heavy atom. The van der Waals surface area contributed by atoms with Crippen LogP contribution in [0.4, 0.5) is 5.13 Å². The van der Waals surface area contributed by atoms with Crippen molar-refractivity contribution in [2.75, 3.05) is 5.32 Å². The lowest BCUT2D eigenvalue weighted by Crippen LogP contribution is -2.30. The van der Waals surface area contributed by atoms with Gasteiger partial charge in [-0.1, -0.05) is 39.0 Å². The highest BCUT2D eigenvalue weighted by Gasteiger charge is 2.17. The molecule has 3 heteroatoms. The Kier molecular flexibility index (Phi) is 5.81. The Balaban J connectivity index is 2.18. The van der Waals surface area contributed by atoms with Crippen LogP contribution in [0.1, 0.15) is 59.3 Å². The van der Waals surface area contributed by atoms with Crippen molar-refractivity contribution >= 4 is 16.5 Å². The van der Waals surface area contributed by atoms with Crippen LogP contribution in [0.2, 0.25) is 0 Å². The summed E-state index contributed by atoms with van der Waals surface area (Å²) in [6, 6.07) is 0. The van der Waals surface area contributed by atoms with Crippen LogP contribution in [-0.2, 0) is 0 Å². The summed E-state index contributed by atoms with van der Waals surface area (Å²) in [5, 5.41) is 6.55. The quantitative estimate of drug-likeness (QED) is 0.667. The third kappa shape index (κ3) is 5.50. The molecule has 0 radical (unpaired) electrons. The molecule has 0 spiro atoms. The molecule has 2 nitrogen and oxygen atoms in total. The highest BCUT2D eigenvalue weighted by atomic mass is 32.1. The van der Waals surface area contributed by atoms with Crippen LogP contribution in [0, 0.1) is 0 Å². The second kappa shape index (κ2) is 6.89. The molecule has 0 unspecified atom stereocenters. The number of nitrogens with zero attached hydrogens (tertiary/aromatic N) is 1. The van der Waals surface area contributed by atoms with Crippen LogP contribution >= 0.6 is 11.3 Å². The highest BCUT2D eigenvalue weighted by Crippen LogP contribution is 2.22. The van der Waals surface area contributed by atoms with E-state index in [1.54, 1.807) is 11.3 Å². The molecule has 0 saturated heterocycles. The van der Waals surface area contributed by atoms with Crippen molar-refractivity contribution in [1.29, 1.82) is 0 Å². The molecule has 0 atom stereocenters. The van der Waals surface area contributed by atoms with Crippen LogP contribution in [0.15, 0.2) is 11.6 Å². The van der Waals surface area contributed by atoms with Gasteiger partial charge < -0.3 is 5.32 Å². The van der Waals surface area contributed by atoms with E-state index in [2.05, 4.69) is 31.1 Å². The third-order valence-corrected chi connectivity index (χ3v) is 3.47. The molecule has 16 heavy (non-hydrogen) atoms. The number of hydrogen-bond donors (Lipinski definition) is 1. The van der Waals surface area contributed by atoms with Gasteiger partial charge >= 0.3 is 0 Å². The zero-order valence-electron chi connectivity index (χ0n) is 10.8. The van der Waals surface area contributed by atoms with Crippen LogP contribution in [0.5, 0.6) is 0 Å². The topological polar surface area (TPSA) is 24.9 Å². The molecule has 1 N–H and O–H groups in total. The van der Waals surface area contributed by atoms with Gasteiger partial charge in [0.25, 0.3) is 0 Å². The van der Waals surface area contributed by atoms with Crippen molar-refractivity contribution in [2.24, 2.45) is 0 Å². The lowest BCUT2D eigenvalue weighted by molar-refractivity contribution is 0.474. The lowest BCUT2D eigenvalue weighted by Gasteiger charge is -2.25. The molecular formula is C13H24N2S. The largest absolute Gasteiger partial charge is 0.357 e. The van der Waals surface area contributed by atoms with Gasteiger partial charge in [0.15, 0.2) is 5.13 Å². The fraction of sp³-hybridized carbons (Fsp3) is 0.769. The molecule has 1 heterocycles. The van der Waals surface area contributed by atoms with Crippen molar-refractivity contribution in [3.8, 4) is 0 Å². The number of thiazole rings is 1. The Hall–Kier alpha value is -0.570. The summed E-state index contributed by atoms with van der Waals surface area (Å²) in [6.45, 7) is 6.77. The molecule has 0 aromatic carbocycles. The Bertz CT molecular complexity index is 267. The van der Waals surface area contributed by atoms with Gasteiger partial charge in [0, 0.05) is 17.1 Å². The van der Waals surface area contributed by atoms with E-state index >= 15 is 0 Å². The van der Waals surface area contributed by atoms with Crippen LogP contribution in [0.25, 0.3) is 0 Å². The predicted octanol–water partition coefficient (Wildman–Crippen LogP) is 4.69. The van der Waals surface area contributed by atoms with Crippen molar-refractivity contribution in [3.05, 3.63) is 11.6 Å². The summed E-state index contributed by atoms with van der Waals surface area (Å²) in [4.78, 5) is 4.27. The third-order valence-electron chi connectivity index (χ3n) is 2.78. The van der Waals surface area contributed by atoms with Gasteiger partial charge in [-0.2, -0.15) is 0 Å². The van der Waals surface area contributed by atoms with E-state index < -0.39 is 0 Å².